The molecule has 0 saturated carbocycles. The molecule has 0 unspecified atom stereocenters. The van der Waals surface area contributed by atoms with Gasteiger partial charge in [-0.05, 0) is 79.6 Å². The Hall–Kier alpha value is -2.73. The van der Waals surface area contributed by atoms with Crippen LogP contribution in [-0.4, -0.2) is 13.2 Å². The number of allylic oxidation sites excluding steroid dienone is 1. The predicted molar refractivity (Wildman–Crippen MR) is 158 cm³/mol. The minimum absolute atomic E-state index is 0.646. The van der Waals surface area contributed by atoms with Gasteiger partial charge in [-0.2, -0.15) is 5.26 Å². The van der Waals surface area contributed by atoms with E-state index in [-0.39, 0.29) is 0 Å². The van der Waals surface area contributed by atoms with E-state index in [0.29, 0.717) is 5.57 Å². The van der Waals surface area contributed by atoms with E-state index < -0.39 is 0 Å². The fraction of sp³-hybridized carbons (Fsp3) is 0.559. The molecule has 0 atom stereocenters. The highest BCUT2D eigenvalue weighted by Gasteiger charge is 2.11. The van der Waals surface area contributed by atoms with Crippen molar-refractivity contribution in [1.82, 2.24) is 0 Å². The lowest BCUT2D eigenvalue weighted by Gasteiger charge is -2.14. The zero-order valence-corrected chi connectivity index (χ0v) is 24.1. The minimum atomic E-state index is 0.646. The van der Waals surface area contributed by atoms with E-state index >= 15 is 0 Å². The van der Waals surface area contributed by atoms with E-state index in [0.717, 1.165) is 65.4 Å². The quantitative estimate of drug-likeness (QED) is 0.115. The van der Waals surface area contributed by atoms with Crippen molar-refractivity contribution in [2.75, 3.05) is 13.2 Å². The Kier molecular flexibility index (Phi) is 14.6. The molecule has 0 aromatic heterocycles. The Balaban J connectivity index is 2.06. The summed E-state index contributed by atoms with van der Waals surface area (Å²) in [5, 5.41) is 10.0. The van der Waals surface area contributed by atoms with E-state index in [1.54, 1.807) is 0 Å². The lowest BCUT2D eigenvalue weighted by molar-refractivity contribution is 0.302. The molecule has 202 valence electrons. The standard InChI is InChI=1S/C34H49NO2/c1-6-8-10-12-14-16-20-36-33-24-30(19-18-27(33)3)23-31(26-35)32-25-34(29(5)22-28(32)4)37-21-17-15-13-11-9-7-2/h18-19,22-25H,6-17,20-21H2,1-5H3/b31-23+. The van der Waals surface area contributed by atoms with Crippen LogP contribution in [-0.2, 0) is 0 Å². The fourth-order valence-corrected chi connectivity index (χ4v) is 4.61. The second-order valence-electron chi connectivity index (χ2n) is 10.4. The molecule has 3 heteroatoms. The van der Waals surface area contributed by atoms with E-state index in [1.807, 2.05) is 12.1 Å². The van der Waals surface area contributed by atoms with E-state index in [1.165, 1.54) is 64.2 Å². The Morgan fingerprint density at radius 2 is 1.22 bits per heavy atom. The highest BCUT2D eigenvalue weighted by atomic mass is 16.5. The number of ether oxygens (including phenoxy) is 2. The van der Waals surface area contributed by atoms with Gasteiger partial charge in [-0.25, -0.2) is 0 Å². The summed E-state index contributed by atoms with van der Waals surface area (Å²) in [6.45, 7) is 12.2. The first-order valence-electron chi connectivity index (χ1n) is 14.6. The van der Waals surface area contributed by atoms with Gasteiger partial charge in [0.05, 0.1) is 24.9 Å². The van der Waals surface area contributed by atoms with E-state index in [9.17, 15) is 5.26 Å². The molecular weight excluding hydrogens is 454 g/mol. The van der Waals surface area contributed by atoms with Gasteiger partial charge in [0.15, 0.2) is 0 Å². The molecule has 0 aliphatic heterocycles. The van der Waals surface area contributed by atoms with Crippen molar-refractivity contribution in [3.8, 4) is 17.6 Å². The number of rotatable bonds is 18. The number of unbranched alkanes of at least 4 members (excludes halogenated alkanes) is 10. The van der Waals surface area contributed by atoms with Crippen LogP contribution in [0.2, 0.25) is 0 Å². The second-order valence-corrected chi connectivity index (χ2v) is 10.4. The average molecular weight is 504 g/mol. The van der Waals surface area contributed by atoms with Gasteiger partial charge >= 0.3 is 0 Å². The number of hydrogen-bond acceptors (Lipinski definition) is 3. The maximum absolute atomic E-state index is 10.0. The van der Waals surface area contributed by atoms with Crippen LogP contribution in [0.3, 0.4) is 0 Å². The SMILES string of the molecule is CCCCCCCCOc1cc(/C=C(\C#N)c2cc(OCCCCCCCC)c(C)cc2C)ccc1C. The number of benzene rings is 2. The largest absolute Gasteiger partial charge is 0.493 e. The summed E-state index contributed by atoms with van der Waals surface area (Å²) in [5.41, 5.74) is 5.89. The molecule has 0 aliphatic carbocycles. The maximum atomic E-state index is 10.0. The van der Waals surface area contributed by atoms with Crippen LogP contribution in [0.5, 0.6) is 11.5 Å². The number of aryl methyl sites for hydroxylation is 3. The third-order valence-electron chi connectivity index (χ3n) is 6.97. The zero-order valence-electron chi connectivity index (χ0n) is 24.1. The van der Waals surface area contributed by atoms with Gasteiger partial charge in [0.25, 0.3) is 0 Å². The van der Waals surface area contributed by atoms with Crippen molar-refractivity contribution in [3.05, 3.63) is 58.1 Å². The molecule has 0 aliphatic rings. The fourth-order valence-electron chi connectivity index (χ4n) is 4.61. The number of hydrogen-bond donors (Lipinski definition) is 0. The van der Waals surface area contributed by atoms with Crippen LogP contribution >= 0.6 is 0 Å². The molecule has 0 N–H and O–H groups in total. The number of nitrogens with zero attached hydrogens (tertiary/aromatic N) is 1. The summed E-state index contributed by atoms with van der Waals surface area (Å²) in [6, 6.07) is 12.8. The molecule has 0 fully saturated rings. The maximum Gasteiger partial charge on any atom is 0.122 e. The molecule has 0 bridgehead atoms. The van der Waals surface area contributed by atoms with Crippen molar-refractivity contribution in [1.29, 1.82) is 5.26 Å². The van der Waals surface area contributed by atoms with Crippen LogP contribution in [0.4, 0.5) is 0 Å². The molecule has 0 spiro atoms. The van der Waals surface area contributed by atoms with Crippen LogP contribution in [0.1, 0.15) is 119 Å². The van der Waals surface area contributed by atoms with E-state index in [2.05, 4.69) is 65.0 Å². The Labute approximate surface area is 226 Å². The van der Waals surface area contributed by atoms with Crippen molar-refractivity contribution in [2.45, 2.75) is 112 Å². The minimum Gasteiger partial charge on any atom is -0.493 e. The van der Waals surface area contributed by atoms with Gasteiger partial charge in [0.2, 0.25) is 0 Å². The summed E-state index contributed by atoms with van der Waals surface area (Å²) in [5.74, 6) is 1.78. The van der Waals surface area contributed by atoms with Gasteiger partial charge in [0.1, 0.15) is 11.5 Å². The molecule has 2 aromatic rings. The molecule has 0 radical (unpaired) electrons. The predicted octanol–water partition coefficient (Wildman–Crippen LogP) is 10.2. The Bertz CT molecular complexity index is 1020. The van der Waals surface area contributed by atoms with Gasteiger partial charge < -0.3 is 9.47 Å². The normalized spacial score (nSPS) is 11.4. The summed E-state index contributed by atoms with van der Waals surface area (Å²) >= 11 is 0. The first kappa shape index (κ1) is 30.5. The van der Waals surface area contributed by atoms with E-state index in [4.69, 9.17) is 9.47 Å². The zero-order chi connectivity index (χ0) is 26.9. The topological polar surface area (TPSA) is 42.2 Å². The third kappa shape index (κ3) is 11.0. The van der Waals surface area contributed by atoms with Gasteiger partial charge in [-0.15, -0.1) is 0 Å². The average Bonchev–Trinajstić information content (AvgIpc) is 2.89. The monoisotopic (exact) mass is 503 g/mol. The van der Waals surface area contributed by atoms with Crippen LogP contribution in [0.25, 0.3) is 11.6 Å². The van der Waals surface area contributed by atoms with Gasteiger partial charge in [-0.1, -0.05) is 96.3 Å². The number of nitriles is 1. The molecular formula is C34H49NO2. The first-order valence-corrected chi connectivity index (χ1v) is 14.6. The van der Waals surface area contributed by atoms with Gasteiger partial charge in [0, 0.05) is 0 Å². The third-order valence-corrected chi connectivity index (χ3v) is 6.97. The van der Waals surface area contributed by atoms with Crippen molar-refractivity contribution in [2.24, 2.45) is 0 Å². The summed E-state index contributed by atoms with van der Waals surface area (Å²) < 4.78 is 12.3. The molecule has 37 heavy (non-hydrogen) atoms. The molecule has 0 amide bonds. The van der Waals surface area contributed by atoms with Crippen LogP contribution in [0.15, 0.2) is 30.3 Å². The molecule has 3 nitrogen and oxygen atoms in total. The molecule has 2 aromatic carbocycles. The summed E-state index contributed by atoms with van der Waals surface area (Å²) in [4.78, 5) is 0. The first-order chi connectivity index (χ1) is 18.0. The lowest BCUT2D eigenvalue weighted by Crippen LogP contribution is -2.01. The Morgan fingerprint density at radius 3 is 1.78 bits per heavy atom. The van der Waals surface area contributed by atoms with Crippen LogP contribution < -0.4 is 9.47 Å². The van der Waals surface area contributed by atoms with Crippen molar-refractivity contribution >= 4 is 11.6 Å². The van der Waals surface area contributed by atoms with Crippen molar-refractivity contribution in [3.63, 3.8) is 0 Å². The second kappa shape index (κ2) is 17.7. The highest BCUT2D eigenvalue weighted by molar-refractivity contribution is 5.91. The Morgan fingerprint density at radius 1 is 0.676 bits per heavy atom. The molecule has 2 rings (SSSR count). The smallest absolute Gasteiger partial charge is 0.122 e. The summed E-state index contributed by atoms with van der Waals surface area (Å²) in [6.07, 6.45) is 16.9. The van der Waals surface area contributed by atoms with Crippen molar-refractivity contribution < 1.29 is 9.47 Å². The van der Waals surface area contributed by atoms with Gasteiger partial charge in [-0.3, -0.25) is 0 Å². The molecule has 0 saturated heterocycles. The summed E-state index contributed by atoms with van der Waals surface area (Å²) in [7, 11) is 0. The lowest BCUT2D eigenvalue weighted by atomic mass is 9.96. The highest BCUT2D eigenvalue weighted by Crippen LogP contribution is 2.30. The molecule has 0 heterocycles. The van der Waals surface area contributed by atoms with Crippen LogP contribution in [0, 0.1) is 32.1 Å².